The Balaban J connectivity index is 1.38. The Labute approximate surface area is 174 Å². The number of nitrogens with zero attached hydrogens (tertiary/aromatic N) is 2. The second-order valence-corrected chi connectivity index (χ2v) is 7.68. The van der Waals surface area contributed by atoms with E-state index in [0.29, 0.717) is 39.8 Å². The lowest BCUT2D eigenvalue weighted by Crippen LogP contribution is -2.33. The largest absolute Gasteiger partial charge is 0.310 e. The number of para-hydroxylation sites is 1. The minimum atomic E-state index is -0.144. The molecule has 0 spiro atoms. The van der Waals surface area contributed by atoms with Crippen molar-refractivity contribution in [1.29, 1.82) is 5.26 Å². The smallest absolute Gasteiger partial charge is 0.258 e. The third-order valence-corrected chi connectivity index (χ3v) is 5.61. The number of rotatable bonds is 5. The van der Waals surface area contributed by atoms with E-state index < -0.39 is 0 Å². The Morgan fingerprint density at radius 1 is 1.21 bits per heavy atom. The van der Waals surface area contributed by atoms with E-state index >= 15 is 0 Å². The first kappa shape index (κ1) is 19.4. The van der Waals surface area contributed by atoms with Crippen molar-refractivity contribution in [1.82, 2.24) is 15.3 Å². The van der Waals surface area contributed by atoms with Gasteiger partial charge in [-0.05, 0) is 54.7 Å². The number of halogens is 1. The summed E-state index contributed by atoms with van der Waals surface area (Å²) < 4.78 is 0. The van der Waals surface area contributed by atoms with Crippen molar-refractivity contribution in [2.75, 3.05) is 6.54 Å². The standard InChI is InChI=1S/C23H21ClN4O/c24-20-5-2-4-19-22(20)27-21(28-23(19)29)6-1-3-18-13-17(11-12-26-18)16-9-7-15(14-25)8-10-16/h2,4-5,7-11,18,26H,1,3,6,12-13H2,(H,27,28,29). The summed E-state index contributed by atoms with van der Waals surface area (Å²) in [6.07, 6.45) is 5.75. The van der Waals surface area contributed by atoms with Crippen LogP contribution >= 0.6 is 11.6 Å². The number of hydrogen-bond donors (Lipinski definition) is 2. The van der Waals surface area contributed by atoms with Gasteiger partial charge >= 0.3 is 0 Å². The molecule has 1 atom stereocenters. The molecule has 0 aliphatic carbocycles. The molecule has 2 aromatic carbocycles. The highest BCUT2D eigenvalue weighted by molar-refractivity contribution is 6.34. The summed E-state index contributed by atoms with van der Waals surface area (Å²) in [5, 5.41) is 13.5. The molecule has 0 bridgehead atoms. The molecule has 146 valence electrons. The Hall–Kier alpha value is -2.94. The number of fused-ring (bicyclic) bond motifs is 1. The number of benzene rings is 2. The van der Waals surface area contributed by atoms with Gasteiger partial charge in [-0.25, -0.2) is 4.98 Å². The van der Waals surface area contributed by atoms with Gasteiger partial charge in [-0.3, -0.25) is 4.79 Å². The highest BCUT2D eigenvalue weighted by atomic mass is 35.5. The molecule has 0 fully saturated rings. The van der Waals surface area contributed by atoms with E-state index in [0.717, 1.165) is 25.8 Å². The highest BCUT2D eigenvalue weighted by Crippen LogP contribution is 2.25. The number of H-pyrrole nitrogens is 1. The van der Waals surface area contributed by atoms with Crippen LogP contribution in [0.1, 0.15) is 36.2 Å². The van der Waals surface area contributed by atoms with E-state index in [9.17, 15) is 4.79 Å². The van der Waals surface area contributed by atoms with Crippen LogP contribution in [0.5, 0.6) is 0 Å². The first-order chi connectivity index (χ1) is 14.1. The van der Waals surface area contributed by atoms with Gasteiger partial charge in [0.15, 0.2) is 0 Å². The molecule has 0 radical (unpaired) electrons. The van der Waals surface area contributed by atoms with Crippen LogP contribution in [-0.4, -0.2) is 22.6 Å². The van der Waals surface area contributed by atoms with Crippen molar-refractivity contribution in [3.63, 3.8) is 0 Å². The number of aromatic amines is 1. The van der Waals surface area contributed by atoms with Crippen LogP contribution in [0.15, 0.2) is 53.3 Å². The van der Waals surface area contributed by atoms with Crippen molar-refractivity contribution in [2.24, 2.45) is 0 Å². The summed E-state index contributed by atoms with van der Waals surface area (Å²) in [6, 6.07) is 15.5. The Morgan fingerprint density at radius 2 is 2.03 bits per heavy atom. The zero-order chi connectivity index (χ0) is 20.2. The summed E-state index contributed by atoms with van der Waals surface area (Å²) in [4.78, 5) is 19.7. The first-order valence-electron chi connectivity index (χ1n) is 9.74. The lowest BCUT2D eigenvalue weighted by Gasteiger charge is -2.24. The molecule has 5 nitrogen and oxygen atoms in total. The van der Waals surface area contributed by atoms with Crippen LogP contribution in [0.2, 0.25) is 5.02 Å². The molecule has 0 saturated carbocycles. The molecule has 3 aromatic rings. The average Bonchev–Trinajstić information content (AvgIpc) is 2.75. The van der Waals surface area contributed by atoms with E-state index in [1.807, 2.05) is 24.3 Å². The van der Waals surface area contributed by atoms with Crippen LogP contribution in [0.25, 0.3) is 16.5 Å². The molecule has 6 heteroatoms. The molecule has 29 heavy (non-hydrogen) atoms. The predicted molar refractivity (Wildman–Crippen MR) is 116 cm³/mol. The lowest BCUT2D eigenvalue weighted by atomic mass is 9.92. The van der Waals surface area contributed by atoms with E-state index in [4.69, 9.17) is 16.9 Å². The molecule has 2 heterocycles. The zero-order valence-electron chi connectivity index (χ0n) is 15.9. The van der Waals surface area contributed by atoms with E-state index in [-0.39, 0.29) is 5.56 Å². The van der Waals surface area contributed by atoms with E-state index in [2.05, 4.69) is 27.4 Å². The zero-order valence-corrected chi connectivity index (χ0v) is 16.7. The fourth-order valence-corrected chi connectivity index (χ4v) is 3.99. The fourth-order valence-electron chi connectivity index (χ4n) is 3.78. The second kappa shape index (κ2) is 8.60. The number of aromatic nitrogens is 2. The molecule has 1 aromatic heterocycles. The topological polar surface area (TPSA) is 81.6 Å². The first-order valence-corrected chi connectivity index (χ1v) is 10.1. The summed E-state index contributed by atoms with van der Waals surface area (Å²) >= 11 is 6.20. The molecule has 1 unspecified atom stereocenters. The van der Waals surface area contributed by atoms with Gasteiger partial charge in [-0.15, -0.1) is 0 Å². The van der Waals surface area contributed by atoms with Gasteiger partial charge in [-0.1, -0.05) is 35.9 Å². The van der Waals surface area contributed by atoms with Gasteiger partial charge in [0.05, 0.1) is 27.6 Å². The molecule has 4 rings (SSSR count). The van der Waals surface area contributed by atoms with Gasteiger partial charge in [0.25, 0.3) is 5.56 Å². The minimum Gasteiger partial charge on any atom is -0.310 e. The third-order valence-electron chi connectivity index (χ3n) is 5.31. The third kappa shape index (κ3) is 4.40. The maximum absolute atomic E-state index is 12.3. The lowest BCUT2D eigenvalue weighted by molar-refractivity contribution is 0.483. The van der Waals surface area contributed by atoms with Crippen molar-refractivity contribution >= 4 is 28.1 Å². The van der Waals surface area contributed by atoms with Gasteiger partial charge in [0, 0.05) is 19.0 Å². The molecule has 1 aliphatic heterocycles. The van der Waals surface area contributed by atoms with Crippen molar-refractivity contribution in [3.8, 4) is 6.07 Å². The van der Waals surface area contributed by atoms with Gasteiger partial charge in [0.2, 0.25) is 0 Å². The molecule has 0 amide bonds. The molecular weight excluding hydrogens is 384 g/mol. The maximum Gasteiger partial charge on any atom is 0.258 e. The Bertz CT molecular complexity index is 1160. The Morgan fingerprint density at radius 3 is 2.83 bits per heavy atom. The van der Waals surface area contributed by atoms with Gasteiger partial charge < -0.3 is 10.3 Å². The van der Waals surface area contributed by atoms with E-state index in [1.54, 1.807) is 18.2 Å². The molecule has 2 N–H and O–H groups in total. The van der Waals surface area contributed by atoms with Crippen LogP contribution in [0.3, 0.4) is 0 Å². The van der Waals surface area contributed by atoms with Crippen molar-refractivity contribution in [2.45, 2.75) is 31.7 Å². The SMILES string of the molecule is N#Cc1ccc(C2=CCNC(CCCc3nc4c(Cl)cccc4c(=O)[nH]3)C2)cc1. The molecule has 0 saturated heterocycles. The second-order valence-electron chi connectivity index (χ2n) is 7.27. The maximum atomic E-state index is 12.3. The molecule has 1 aliphatic rings. The predicted octanol–water partition coefficient (Wildman–Crippen LogP) is 4.22. The Kier molecular flexibility index (Phi) is 5.75. The summed E-state index contributed by atoms with van der Waals surface area (Å²) in [6.45, 7) is 0.834. The normalized spacial score (nSPS) is 16.4. The fraction of sp³-hybridized carbons (Fsp3) is 0.261. The van der Waals surface area contributed by atoms with Crippen LogP contribution in [0, 0.1) is 11.3 Å². The summed E-state index contributed by atoms with van der Waals surface area (Å²) in [5.74, 6) is 0.675. The molecular formula is C23H21ClN4O. The summed E-state index contributed by atoms with van der Waals surface area (Å²) in [7, 11) is 0. The monoisotopic (exact) mass is 404 g/mol. The number of aryl methyl sites for hydroxylation is 1. The average molecular weight is 405 g/mol. The van der Waals surface area contributed by atoms with Crippen LogP contribution in [0.4, 0.5) is 0 Å². The van der Waals surface area contributed by atoms with Crippen LogP contribution in [-0.2, 0) is 6.42 Å². The number of nitrogens with one attached hydrogen (secondary N) is 2. The highest BCUT2D eigenvalue weighted by Gasteiger charge is 2.16. The quantitative estimate of drug-likeness (QED) is 0.667. The van der Waals surface area contributed by atoms with Crippen LogP contribution < -0.4 is 10.9 Å². The van der Waals surface area contributed by atoms with Gasteiger partial charge in [0.1, 0.15) is 5.82 Å². The summed E-state index contributed by atoms with van der Waals surface area (Å²) in [5.41, 5.74) is 3.58. The van der Waals surface area contributed by atoms with Crippen molar-refractivity contribution in [3.05, 3.63) is 80.9 Å². The number of nitriles is 1. The minimum absolute atomic E-state index is 0.144. The van der Waals surface area contributed by atoms with Crippen molar-refractivity contribution < 1.29 is 0 Å². The number of hydrogen-bond acceptors (Lipinski definition) is 4. The van der Waals surface area contributed by atoms with Gasteiger partial charge in [-0.2, -0.15) is 5.26 Å². The van der Waals surface area contributed by atoms with E-state index in [1.165, 1.54) is 11.1 Å².